The third kappa shape index (κ3) is 4.79. The lowest BCUT2D eigenvalue weighted by atomic mass is 9.70. The highest BCUT2D eigenvalue weighted by Gasteiger charge is 2.54. The molecule has 0 radical (unpaired) electrons. The molecule has 2 spiro atoms. The molecule has 17 rings (SSSR count). The Morgan fingerprint density at radius 3 is 1.15 bits per heavy atom. The van der Waals surface area contributed by atoms with Gasteiger partial charge in [0.1, 0.15) is 0 Å². The third-order valence-electron chi connectivity index (χ3n) is 17.5. The molecular formula is C72H43N. The largest absolute Gasteiger partial charge is 0.310 e. The number of rotatable bonds is 4. The molecule has 1 heteroatoms. The summed E-state index contributed by atoms with van der Waals surface area (Å²) in [6.45, 7) is 0. The first-order chi connectivity index (χ1) is 36.2. The monoisotopic (exact) mass is 921 g/mol. The molecule has 336 valence electrons. The summed E-state index contributed by atoms with van der Waals surface area (Å²) in [7, 11) is 0. The highest BCUT2D eigenvalue weighted by atomic mass is 15.1. The minimum Gasteiger partial charge on any atom is -0.310 e. The summed E-state index contributed by atoms with van der Waals surface area (Å²) >= 11 is 0. The molecule has 0 atom stereocenters. The van der Waals surface area contributed by atoms with Gasteiger partial charge in [-0.15, -0.1) is 0 Å². The minimum absolute atomic E-state index is 0.471. The summed E-state index contributed by atoms with van der Waals surface area (Å²) in [4.78, 5) is 2.57. The van der Waals surface area contributed by atoms with Crippen LogP contribution in [0.4, 0.5) is 17.1 Å². The van der Waals surface area contributed by atoms with Crippen molar-refractivity contribution in [3.05, 3.63) is 305 Å². The van der Waals surface area contributed by atoms with Crippen LogP contribution in [0.5, 0.6) is 0 Å². The Hall–Kier alpha value is -9.30. The van der Waals surface area contributed by atoms with Crippen molar-refractivity contribution < 1.29 is 0 Å². The second-order valence-electron chi connectivity index (χ2n) is 20.5. The van der Waals surface area contributed by atoms with E-state index in [0.717, 1.165) is 17.1 Å². The molecule has 0 N–H and O–H groups in total. The van der Waals surface area contributed by atoms with Crippen LogP contribution in [0.25, 0.3) is 88.7 Å². The van der Waals surface area contributed by atoms with E-state index in [1.807, 2.05) is 0 Å². The molecule has 1 nitrogen and oxygen atoms in total. The second-order valence-corrected chi connectivity index (χ2v) is 20.5. The lowest BCUT2D eigenvalue weighted by Crippen LogP contribution is -2.26. The number of nitrogens with zero attached hydrogens (tertiary/aromatic N) is 1. The summed E-state index contributed by atoms with van der Waals surface area (Å²) in [5.74, 6) is 0. The number of hydrogen-bond acceptors (Lipinski definition) is 1. The number of benzene rings is 12. The predicted octanol–water partition coefficient (Wildman–Crippen LogP) is 18.3. The SMILES string of the molecule is c1ccc2c(c1)-c1cccc3c(-c4ccc(N(c5ccc6c(c5)C5(c7ccccc7-c7ccccc75)c5ccccc5-6)c5cccc6c5-c5ccccc5C65c6ccccc6-c6ccccc65)cc4)ccc-2c13. The van der Waals surface area contributed by atoms with E-state index in [-0.39, 0.29) is 0 Å². The number of fused-ring (bicyclic) bond motifs is 23. The van der Waals surface area contributed by atoms with Crippen LogP contribution in [0.15, 0.2) is 261 Å². The lowest BCUT2D eigenvalue weighted by Gasteiger charge is -2.33. The molecule has 0 aromatic heterocycles. The number of hydrogen-bond donors (Lipinski definition) is 0. The van der Waals surface area contributed by atoms with Crippen molar-refractivity contribution in [2.45, 2.75) is 10.8 Å². The van der Waals surface area contributed by atoms with E-state index in [4.69, 9.17) is 0 Å². The van der Waals surface area contributed by atoms with Crippen molar-refractivity contribution in [3.8, 4) is 77.9 Å². The van der Waals surface area contributed by atoms with Crippen molar-refractivity contribution in [3.63, 3.8) is 0 Å². The summed E-state index contributed by atoms with van der Waals surface area (Å²) in [5.41, 5.74) is 31.3. The quantitative estimate of drug-likeness (QED) is 0.170. The van der Waals surface area contributed by atoms with Gasteiger partial charge in [0.05, 0.1) is 16.5 Å². The van der Waals surface area contributed by atoms with Crippen molar-refractivity contribution >= 4 is 27.8 Å². The molecule has 73 heavy (non-hydrogen) atoms. The van der Waals surface area contributed by atoms with E-state index in [0.29, 0.717) is 0 Å². The van der Waals surface area contributed by atoms with Crippen LogP contribution in [0.3, 0.4) is 0 Å². The average Bonchev–Trinajstić information content (AvgIpc) is 4.26. The predicted molar refractivity (Wildman–Crippen MR) is 301 cm³/mol. The van der Waals surface area contributed by atoms with Crippen molar-refractivity contribution in [1.82, 2.24) is 0 Å². The fraction of sp³-hybridized carbons (Fsp3) is 0.0278. The van der Waals surface area contributed by atoms with Crippen LogP contribution >= 0.6 is 0 Å². The summed E-state index contributed by atoms with van der Waals surface area (Å²) < 4.78 is 0. The van der Waals surface area contributed by atoms with Crippen LogP contribution in [0.1, 0.15) is 44.5 Å². The molecule has 0 aliphatic heterocycles. The Morgan fingerprint density at radius 1 is 0.233 bits per heavy atom. The van der Waals surface area contributed by atoms with Crippen LogP contribution in [0.2, 0.25) is 0 Å². The van der Waals surface area contributed by atoms with Crippen LogP contribution in [0, 0.1) is 0 Å². The van der Waals surface area contributed by atoms with Crippen LogP contribution in [-0.4, -0.2) is 0 Å². The maximum Gasteiger partial charge on any atom is 0.0726 e. The van der Waals surface area contributed by atoms with Gasteiger partial charge in [-0.1, -0.05) is 231 Å². The molecule has 0 heterocycles. The van der Waals surface area contributed by atoms with Crippen molar-refractivity contribution in [2.24, 2.45) is 0 Å². The molecule has 12 aromatic carbocycles. The first-order valence-corrected chi connectivity index (χ1v) is 25.7. The molecule has 0 amide bonds. The van der Waals surface area contributed by atoms with Gasteiger partial charge in [-0.25, -0.2) is 0 Å². The lowest BCUT2D eigenvalue weighted by molar-refractivity contribution is 0.793. The van der Waals surface area contributed by atoms with Crippen molar-refractivity contribution in [1.29, 1.82) is 0 Å². The van der Waals surface area contributed by atoms with Gasteiger partial charge in [-0.05, 0) is 158 Å². The molecular weight excluding hydrogens is 879 g/mol. The zero-order valence-corrected chi connectivity index (χ0v) is 39.8. The summed E-state index contributed by atoms with van der Waals surface area (Å²) in [6, 6.07) is 99.0. The van der Waals surface area contributed by atoms with Gasteiger partial charge in [0.2, 0.25) is 0 Å². The number of anilines is 3. The maximum absolute atomic E-state index is 2.57. The normalized spacial score (nSPS) is 14.2. The Kier molecular flexibility index (Phi) is 7.66. The van der Waals surface area contributed by atoms with E-state index in [1.54, 1.807) is 0 Å². The topological polar surface area (TPSA) is 3.24 Å². The van der Waals surface area contributed by atoms with Gasteiger partial charge in [-0.2, -0.15) is 0 Å². The van der Waals surface area contributed by atoms with Gasteiger partial charge >= 0.3 is 0 Å². The van der Waals surface area contributed by atoms with Crippen LogP contribution < -0.4 is 4.90 Å². The maximum atomic E-state index is 2.57. The molecule has 0 saturated heterocycles. The van der Waals surface area contributed by atoms with Gasteiger partial charge < -0.3 is 4.90 Å². The summed E-state index contributed by atoms with van der Waals surface area (Å²) in [5, 5.41) is 2.63. The molecule has 5 aliphatic rings. The zero-order chi connectivity index (χ0) is 47.6. The van der Waals surface area contributed by atoms with E-state index >= 15 is 0 Å². The third-order valence-corrected chi connectivity index (χ3v) is 17.5. The van der Waals surface area contributed by atoms with E-state index in [2.05, 4.69) is 266 Å². The van der Waals surface area contributed by atoms with E-state index < -0.39 is 10.8 Å². The van der Waals surface area contributed by atoms with Gasteiger partial charge in [0, 0.05) is 16.9 Å². The summed E-state index contributed by atoms with van der Waals surface area (Å²) in [6.07, 6.45) is 0. The van der Waals surface area contributed by atoms with Crippen LogP contribution in [-0.2, 0) is 10.8 Å². The first kappa shape index (κ1) is 39.4. The van der Waals surface area contributed by atoms with E-state index in [1.165, 1.54) is 133 Å². The Balaban J connectivity index is 0.923. The molecule has 0 saturated carbocycles. The molecule has 5 aliphatic carbocycles. The van der Waals surface area contributed by atoms with E-state index in [9.17, 15) is 0 Å². The molecule has 0 bridgehead atoms. The minimum atomic E-state index is -0.480. The van der Waals surface area contributed by atoms with Gasteiger partial charge in [0.25, 0.3) is 0 Å². The standard InChI is InChI=1S/C72H43N/c1-2-18-49-48(17-1)57-26-15-25-56-47(41-42-58(49)69(56)57)44-35-37-45(38-36-44)73(46-39-40-55-54-23-7-13-31-64(54)72(67(55)43-46)62-29-11-5-21-52(62)53-22-6-12-30-63(53)72)68-34-16-33-66-70(68)59-24-8-14-32-65(59)71(66)60-27-9-3-19-50(60)51-20-4-10-28-61(51)71/h1-43H. The molecule has 12 aromatic rings. The van der Waals surface area contributed by atoms with Crippen molar-refractivity contribution in [2.75, 3.05) is 4.90 Å². The van der Waals surface area contributed by atoms with Gasteiger partial charge in [0.15, 0.2) is 0 Å². The Morgan fingerprint density at radius 2 is 0.603 bits per heavy atom. The Bertz CT molecular complexity index is 4260. The van der Waals surface area contributed by atoms with Gasteiger partial charge in [-0.3, -0.25) is 0 Å². The fourth-order valence-corrected chi connectivity index (χ4v) is 14.8. The first-order valence-electron chi connectivity index (χ1n) is 25.7. The Labute approximate surface area is 424 Å². The highest BCUT2D eigenvalue weighted by molar-refractivity contribution is 6.18. The molecule has 0 unspecified atom stereocenters. The zero-order valence-electron chi connectivity index (χ0n) is 39.8. The smallest absolute Gasteiger partial charge is 0.0726 e. The average molecular weight is 922 g/mol. The highest BCUT2D eigenvalue weighted by Crippen LogP contribution is 2.66. The fourth-order valence-electron chi connectivity index (χ4n) is 14.8. The second kappa shape index (κ2) is 14.2. The molecule has 0 fully saturated rings.